The maximum absolute atomic E-state index is 10.6. The first-order valence-corrected chi connectivity index (χ1v) is 11.6. The number of nitrogens with two attached hydrogens (primary N) is 1. The van der Waals surface area contributed by atoms with Crippen molar-refractivity contribution < 1.29 is 5.11 Å². The minimum absolute atomic E-state index is 0.153. The molecule has 5 aromatic rings. The second-order valence-electron chi connectivity index (χ2n) is 8.67. The SMILES string of the molecule is Nc1cc2c(cc1-c1cc(Cl)ccc1O)-c1ccccc1C2(c1ccccc1)c1ccccc1. The Bertz CT molecular complexity index is 1490. The smallest absolute Gasteiger partial charge is 0.123 e. The lowest BCUT2D eigenvalue weighted by atomic mass is 9.67. The van der Waals surface area contributed by atoms with Crippen LogP contribution in [0.2, 0.25) is 5.02 Å². The van der Waals surface area contributed by atoms with Gasteiger partial charge in [0.25, 0.3) is 0 Å². The first kappa shape index (κ1) is 20.6. The van der Waals surface area contributed by atoms with Gasteiger partial charge in [0.1, 0.15) is 5.75 Å². The predicted octanol–water partition coefficient (Wildman–Crippen LogP) is 7.66. The summed E-state index contributed by atoms with van der Waals surface area (Å²) in [4.78, 5) is 0. The first-order valence-electron chi connectivity index (χ1n) is 11.2. The largest absolute Gasteiger partial charge is 0.507 e. The summed E-state index contributed by atoms with van der Waals surface area (Å²) in [6, 6.07) is 38.9. The van der Waals surface area contributed by atoms with Crippen LogP contribution < -0.4 is 5.73 Å². The van der Waals surface area contributed by atoms with Gasteiger partial charge in [-0.3, -0.25) is 0 Å². The van der Waals surface area contributed by atoms with E-state index in [0.717, 1.165) is 22.3 Å². The van der Waals surface area contributed by atoms with Crippen molar-refractivity contribution in [1.29, 1.82) is 0 Å². The van der Waals surface area contributed by atoms with E-state index in [0.29, 0.717) is 16.3 Å². The third kappa shape index (κ3) is 2.89. The minimum Gasteiger partial charge on any atom is -0.507 e. The molecule has 0 unspecified atom stereocenters. The van der Waals surface area contributed by atoms with Crippen molar-refractivity contribution in [2.24, 2.45) is 0 Å². The van der Waals surface area contributed by atoms with Crippen molar-refractivity contribution in [3.63, 3.8) is 0 Å². The third-order valence-electron chi connectivity index (χ3n) is 6.88. The Morgan fingerprint density at radius 1 is 0.559 bits per heavy atom. The molecule has 0 atom stereocenters. The fourth-order valence-electron chi connectivity index (χ4n) is 5.46. The zero-order valence-electron chi connectivity index (χ0n) is 18.4. The molecule has 5 aromatic carbocycles. The van der Waals surface area contributed by atoms with Gasteiger partial charge in [0.2, 0.25) is 0 Å². The topological polar surface area (TPSA) is 46.2 Å². The lowest BCUT2D eigenvalue weighted by molar-refractivity contribution is 0.477. The molecule has 2 nitrogen and oxygen atoms in total. The number of anilines is 1. The molecule has 3 heteroatoms. The molecular weight excluding hydrogens is 438 g/mol. The number of nitrogen functional groups attached to an aromatic ring is 1. The Morgan fingerprint density at radius 3 is 1.85 bits per heavy atom. The summed E-state index contributed by atoms with van der Waals surface area (Å²) in [5.74, 6) is 0.153. The molecule has 0 amide bonds. The zero-order chi connectivity index (χ0) is 23.3. The Morgan fingerprint density at radius 2 is 1.18 bits per heavy atom. The molecule has 0 fully saturated rings. The summed E-state index contributed by atoms with van der Waals surface area (Å²) >= 11 is 6.27. The molecule has 1 aliphatic carbocycles. The van der Waals surface area contributed by atoms with Crippen LogP contribution in [-0.4, -0.2) is 5.11 Å². The number of halogens is 1. The van der Waals surface area contributed by atoms with Crippen LogP contribution in [-0.2, 0) is 5.41 Å². The average Bonchev–Trinajstić information content (AvgIpc) is 3.16. The van der Waals surface area contributed by atoms with Gasteiger partial charge in [-0.15, -0.1) is 0 Å². The highest BCUT2D eigenvalue weighted by atomic mass is 35.5. The normalized spacial score (nSPS) is 13.3. The summed E-state index contributed by atoms with van der Waals surface area (Å²) in [5.41, 5.74) is 15.2. The van der Waals surface area contributed by atoms with Crippen LogP contribution >= 0.6 is 11.6 Å². The van der Waals surface area contributed by atoms with Crippen LogP contribution in [0.1, 0.15) is 22.3 Å². The van der Waals surface area contributed by atoms with Gasteiger partial charge in [0.15, 0.2) is 0 Å². The van der Waals surface area contributed by atoms with E-state index in [1.807, 2.05) is 12.1 Å². The van der Waals surface area contributed by atoms with Crippen LogP contribution in [0.15, 0.2) is 115 Å². The highest BCUT2D eigenvalue weighted by Crippen LogP contribution is 2.57. The Kier molecular flexibility index (Phi) is 4.72. The van der Waals surface area contributed by atoms with Gasteiger partial charge >= 0.3 is 0 Å². The molecule has 0 radical (unpaired) electrons. The summed E-state index contributed by atoms with van der Waals surface area (Å²) in [6.45, 7) is 0. The second-order valence-corrected chi connectivity index (χ2v) is 9.11. The molecule has 0 saturated heterocycles. The summed E-state index contributed by atoms with van der Waals surface area (Å²) in [5, 5.41) is 11.2. The molecule has 1 aliphatic rings. The van der Waals surface area contributed by atoms with E-state index in [1.54, 1.807) is 18.2 Å². The van der Waals surface area contributed by atoms with Crippen LogP contribution in [0.3, 0.4) is 0 Å². The van der Waals surface area contributed by atoms with Crippen LogP contribution in [0.5, 0.6) is 5.75 Å². The van der Waals surface area contributed by atoms with E-state index in [9.17, 15) is 5.11 Å². The van der Waals surface area contributed by atoms with E-state index in [-0.39, 0.29) is 5.75 Å². The van der Waals surface area contributed by atoms with Crippen molar-refractivity contribution in [3.8, 4) is 28.0 Å². The summed E-state index contributed by atoms with van der Waals surface area (Å²) in [7, 11) is 0. The van der Waals surface area contributed by atoms with Gasteiger partial charge in [0.05, 0.1) is 5.41 Å². The number of benzene rings is 5. The molecule has 0 bridgehead atoms. The average molecular weight is 460 g/mol. The van der Waals surface area contributed by atoms with Crippen molar-refractivity contribution >= 4 is 17.3 Å². The minimum atomic E-state index is -0.503. The van der Waals surface area contributed by atoms with Gasteiger partial charge in [-0.1, -0.05) is 96.5 Å². The van der Waals surface area contributed by atoms with Gasteiger partial charge in [-0.2, -0.15) is 0 Å². The highest BCUT2D eigenvalue weighted by Gasteiger charge is 2.46. The zero-order valence-corrected chi connectivity index (χ0v) is 19.1. The van der Waals surface area contributed by atoms with Crippen LogP contribution in [0.25, 0.3) is 22.3 Å². The van der Waals surface area contributed by atoms with Gasteiger partial charge < -0.3 is 10.8 Å². The van der Waals surface area contributed by atoms with Crippen molar-refractivity contribution in [3.05, 3.63) is 143 Å². The van der Waals surface area contributed by atoms with Crippen molar-refractivity contribution in [2.75, 3.05) is 5.73 Å². The van der Waals surface area contributed by atoms with E-state index in [1.165, 1.54) is 16.7 Å². The highest BCUT2D eigenvalue weighted by molar-refractivity contribution is 6.31. The van der Waals surface area contributed by atoms with Crippen molar-refractivity contribution in [1.82, 2.24) is 0 Å². The first-order chi connectivity index (χ1) is 16.6. The second kappa shape index (κ2) is 7.79. The molecule has 3 N–H and O–H groups in total. The summed E-state index contributed by atoms with van der Waals surface area (Å²) < 4.78 is 0. The molecule has 0 spiro atoms. The Labute approximate surface area is 203 Å². The van der Waals surface area contributed by atoms with Gasteiger partial charge in [0, 0.05) is 21.8 Å². The number of fused-ring (bicyclic) bond motifs is 3. The van der Waals surface area contributed by atoms with E-state index in [2.05, 4.69) is 84.9 Å². The van der Waals surface area contributed by atoms with Crippen molar-refractivity contribution in [2.45, 2.75) is 5.41 Å². The number of aromatic hydroxyl groups is 1. The fraction of sp³-hybridized carbons (Fsp3) is 0.0323. The molecular formula is C31H22ClNO. The third-order valence-corrected chi connectivity index (χ3v) is 7.11. The monoisotopic (exact) mass is 459 g/mol. The molecule has 0 saturated carbocycles. The predicted molar refractivity (Wildman–Crippen MR) is 140 cm³/mol. The van der Waals surface area contributed by atoms with Crippen LogP contribution in [0.4, 0.5) is 5.69 Å². The molecule has 0 heterocycles. The lowest BCUT2D eigenvalue weighted by Gasteiger charge is -2.34. The fourth-order valence-corrected chi connectivity index (χ4v) is 5.63. The number of hydrogen-bond donors (Lipinski definition) is 2. The maximum Gasteiger partial charge on any atom is 0.123 e. The number of phenolic OH excluding ortho intramolecular Hbond substituents is 1. The number of phenols is 1. The quantitative estimate of drug-likeness (QED) is 0.267. The Hall–Kier alpha value is -4.01. The maximum atomic E-state index is 10.6. The number of hydrogen-bond acceptors (Lipinski definition) is 2. The van der Waals surface area contributed by atoms with E-state index >= 15 is 0 Å². The lowest BCUT2D eigenvalue weighted by Crippen LogP contribution is -2.28. The number of rotatable bonds is 3. The summed E-state index contributed by atoms with van der Waals surface area (Å²) in [6.07, 6.45) is 0. The van der Waals surface area contributed by atoms with Gasteiger partial charge in [-0.25, -0.2) is 0 Å². The van der Waals surface area contributed by atoms with Gasteiger partial charge in [-0.05, 0) is 63.7 Å². The standard InChI is InChI=1S/C31H22ClNO/c32-22-15-16-30(34)26(17-22)25-18-24-23-13-7-8-14-27(23)31(28(24)19-29(25)33,20-9-3-1-4-10-20)21-11-5-2-6-12-21/h1-19,34H,33H2. The van der Waals surface area contributed by atoms with E-state index < -0.39 is 5.41 Å². The molecule has 164 valence electrons. The molecule has 0 aromatic heterocycles. The molecule has 34 heavy (non-hydrogen) atoms. The van der Waals surface area contributed by atoms with Crippen LogP contribution in [0, 0.1) is 0 Å². The Balaban J connectivity index is 1.74. The molecule has 6 rings (SSSR count). The molecule has 0 aliphatic heterocycles. The van der Waals surface area contributed by atoms with E-state index in [4.69, 9.17) is 17.3 Å².